The van der Waals surface area contributed by atoms with Crippen LogP contribution in [0.5, 0.6) is 17.4 Å². The molecular formula is C29H31N7O4. The molecule has 1 aliphatic heterocycles. The minimum absolute atomic E-state index is 0.116. The smallest absolute Gasteiger partial charge is 0.323 e. The van der Waals surface area contributed by atoms with Gasteiger partial charge in [0, 0.05) is 23.0 Å². The second-order valence-electron chi connectivity index (χ2n) is 10.1. The van der Waals surface area contributed by atoms with Gasteiger partial charge in [0.05, 0.1) is 30.7 Å². The van der Waals surface area contributed by atoms with Crippen LogP contribution in [-0.4, -0.2) is 42.3 Å². The summed E-state index contributed by atoms with van der Waals surface area (Å²) < 4.78 is 17.2. The number of fused-ring (bicyclic) bond motifs is 1. The molecular weight excluding hydrogens is 510 g/mol. The number of ether oxygens (including phenoxy) is 3. The quantitative estimate of drug-likeness (QED) is 0.241. The zero-order chi connectivity index (χ0) is 28.3. The predicted octanol–water partition coefficient (Wildman–Crippen LogP) is 5.75. The van der Waals surface area contributed by atoms with E-state index < -0.39 is 6.03 Å². The van der Waals surface area contributed by atoms with Crippen molar-refractivity contribution in [2.24, 2.45) is 4.99 Å². The summed E-state index contributed by atoms with van der Waals surface area (Å²) in [5.41, 5.74) is 8.22. The Bertz CT molecular complexity index is 1600. The van der Waals surface area contributed by atoms with E-state index in [2.05, 4.69) is 51.7 Å². The number of hydrogen-bond acceptors (Lipinski definition) is 9. The highest BCUT2D eigenvalue weighted by atomic mass is 16.5. The Morgan fingerprint density at radius 1 is 1.00 bits per heavy atom. The van der Waals surface area contributed by atoms with Crippen LogP contribution in [0.1, 0.15) is 26.3 Å². The molecule has 0 bridgehead atoms. The molecule has 0 saturated heterocycles. The molecule has 1 aromatic heterocycles. The summed E-state index contributed by atoms with van der Waals surface area (Å²) in [6, 6.07) is 16.6. The molecule has 11 heteroatoms. The number of urea groups is 1. The van der Waals surface area contributed by atoms with Gasteiger partial charge in [0.1, 0.15) is 12.4 Å². The molecule has 206 valence electrons. The van der Waals surface area contributed by atoms with Gasteiger partial charge in [0.25, 0.3) is 6.02 Å². The molecule has 0 saturated carbocycles. The molecule has 2 heterocycles. The Morgan fingerprint density at radius 2 is 1.75 bits per heavy atom. The van der Waals surface area contributed by atoms with Gasteiger partial charge in [-0.2, -0.15) is 4.98 Å². The zero-order valence-corrected chi connectivity index (χ0v) is 22.7. The van der Waals surface area contributed by atoms with E-state index in [0.29, 0.717) is 53.6 Å². The largest absolute Gasteiger partial charge is 0.492 e. The fourth-order valence-corrected chi connectivity index (χ4v) is 4.26. The van der Waals surface area contributed by atoms with Crippen molar-refractivity contribution in [3.63, 3.8) is 0 Å². The molecule has 0 unspecified atom stereocenters. The van der Waals surface area contributed by atoms with Crippen LogP contribution < -0.4 is 31.2 Å². The average Bonchev–Trinajstić information content (AvgIpc) is 3.43. The summed E-state index contributed by atoms with van der Waals surface area (Å²) >= 11 is 0. The van der Waals surface area contributed by atoms with Crippen LogP contribution in [0, 0.1) is 0 Å². The number of rotatable bonds is 6. The molecule has 0 atom stereocenters. The van der Waals surface area contributed by atoms with E-state index in [1.165, 1.54) is 6.20 Å². The normalized spacial score (nSPS) is 12.8. The van der Waals surface area contributed by atoms with Crippen LogP contribution in [0.4, 0.5) is 27.8 Å². The van der Waals surface area contributed by atoms with E-state index in [9.17, 15) is 4.79 Å². The van der Waals surface area contributed by atoms with Crippen LogP contribution in [0.3, 0.4) is 0 Å². The Labute approximate surface area is 231 Å². The monoisotopic (exact) mass is 541 g/mol. The molecule has 3 aromatic carbocycles. The first kappa shape index (κ1) is 26.5. The third-order valence-electron chi connectivity index (χ3n) is 6.23. The number of nitrogen functional groups attached to an aromatic ring is 1. The lowest BCUT2D eigenvalue weighted by Crippen LogP contribution is -2.22. The summed E-state index contributed by atoms with van der Waals surface area (Å²) in [6.45, 7) is 7.39. The maximum atomic E-state index is 13.3. The summed E-state index contributed by atoms with van der Waals surface area (Å²) in [5.74, 6) is 1.45. The number of methoxy groups -OCH3 is 1. The summed E-state index contributed by atoms with van der Waals surface area (Å²) in [6.07, 6.45) is 1.53. The van der Waals surface area contributed by atoms with Crippen molar-refractivity contribution in [1.29, 1.82) is 0 Å². The number of nitrogens with one attached hydrogen (secondary N) is 3. The number of hydrogen-bond donors (Lipinski definition) is 4. The molecule has 0 radical (unpaired) electrons. The van der Waals surface area contributed by atoms with Gasteiger partial charge in [-0.3, -0.25) is 0 Å². The summed E-state index contributed by atoms with van der Waals surface area (Å²) in [4.78, 5) is 25.6. The number of amides is 2. The van der Waals surface area contributed by atoms with Gasteiger partial charge >= 0.3 is 6.03 Å². The number of nitrogens with zero attached hydrogens (tertiary/aromatic N) is 3. The highest BCUT2D eigenvalue weighted by Crippen LogP contribution is 2.39. The molecule has 2 amide bonds. The summed E-state index contributed by atoms with van der Waals surface area (Å²) in [5, 5.41) is 10.7. The van der Waals surface area contributed by atoms with Crippen LogP contribution in [-0.2, 0) is 10.2 Å². The first-order valence-corrected chi connectivity index (χ1v) is 12.7. The average molecular weight is 542 g/mol. The minimum atomic E-state index is -0.438. The Kier molecular flexibility index (Phi) is 7.28. The number of carbonyl (C=O) groups excluding carboxylic acids is 1. The van der Waals surface area contributed by atoms with Crippen LogP contribution in [0.25, 0.3) is 10.8 Å². The molecule has 4 aromatic rings. The number of amidine groups is 1. The molecule has 0 spiro atoms. The van der Waals surface area contributed by atoms with E-state index >= 15 is 0 Å². The summed E-state index contributed by atoms with van der Waals surface area (Å²) in [7, 11) is 1.55. The van der Waals surface area contributed by atoms with Crippen LogP contribution in [0.15, 0.2) is 65.8 Å². The van der Waals surface area contributed by atoms with Crippen molar-refractivity contribution in [2.45, 2.75) is 26.2 Å². The molecule has 0 aliphatic carbocycles. The standard InChI is InChI=1S/C29H31N7O4/c1-29(2,3)17-15-21(25(38-4)22(16-17)35-28-32-13-14-39-28)34-27(37)33-20-9-10-23(19-8-6-5-7-18(19)20)40-24-11-12-31-26(30)36-24/h5-12,15-16H,13-14H2,1-4H3,(H,32,35)(H2,30,31,36)(H2,33,34,37). The van der Waals surface area contributed by atoms with E-state index in [-0.39, 0.29) is 11.4 Å². The van der Waals surface area contributed by atoms with Gasteiger partial charge in [0.2, 0.25) is 11.8 Å². The fraction of sp³-hybridized carbons (Fsp3) is 0.241. The highest BCUT2D eigenvalue weighted by molar-refractivity contribution is 6.08. The molecule has 0 fully saturated rings. The van der Waals surface area contributed by atoms with Crippen molar-refractivity contribution < 1.29 is 19.0 Å². The number of aromatic nitrogens is 2. The van der Waals surface area contributed by atoms with Crippen molar-refractivity contribution >= 4 is 45.8 Å². The van der Waals surface area contributed by atoms with E-state index in [1.54, 1.807) is 25.3 Å². The van der Waals surface area contributed by atoms with Gasteiger partial charge in [-0.1, -0.05) is 45.0 Å². The Hall–Kier alpha value is -5.06. The lowest BCUT2D eigenvalue weighted by Gasteiger charge is -2.24. The van der Waals surface area contributed by atoms with Gasteiger partial charge in [-0.25, -0.2) is 14.8 Å². The van der Waals surface area contributed by atoms with E-state index in [0.717, 1.165) is 16.3 Å². The number of benzene rings is 3. The van der Waals surface area contributed by atoms with Gasteiger partial charge in [-0.05, 0) is 35.2 Å². The Balaban J connectivity index is 1.43. The lowest BCUT2D eigenvalue weighted by molar-refractivity contribution is 0.262. The second-order valence-corrected chi connectivity index (χ2v) is 10.1. The molecule has 5 N–H and O–H groups in total. The van der Waals surface area contributed by atoms with Gasteiger partial charge in [-0.15, -0.1) is 0 Å². The minimum Gasteiger partial charge on any atom is -0.492 e. The van der Waals surface area contributed by atoms with Crippen LogP contribution >= 0.6 is 0 Å². The third-order valence-corrected chi connectivity index (χ3v) is 6.23. The first-order valence-electron chi connectivity index (χ1n) is 12.7. The maximum absolute atomic E-state index is 13.3. The highest BCUT2D eigenvalue weighted by Gasteiger charge is 2.22. The fourth-order valence-electron chi connectivity index (χ4n) is 4.26. The van der Waals surface area contributed by atoms with Crippen molar-refractivity contribution in [3.05, 3.63) is 66.4 Å². The molecule has 5 rings (SSSR count). The Morgan fingerprint density at radius 3 is 2.45 bits per heavy atom. The predicted molar refractivity (Wildman–Crippen MR) is 157 cm³/mol. The molecule has 1 aliphatic rings. The third kappa shape index (κ3) is 5.83. The SMILES string of the molecule is COc1c(NC(=O)Nc2ccc(Oc3ccnc(N)n3)c3ccccc23)cc(C(C)(C)C)cc1NC1=NCCO1. The number of nitrogens with two attached hydrogens (primary N) is 1. The van der Waals surface area contributed by atoms with E-state index in [1.807, 2.05) is 36.4 Å². The van der Waals surface area contributed by atoms with Crippen LogP contribution in [0.2, 0.25) is 0 Å². The van der Waals surface area contributed by atoms with Crippen molar-refractivity contribution in [2.75, 3.05) is 41.9 Å². The maximum Gasteiger partial charge on any atom is 0.323 e. The number of aliphatic imine (C=N–C) groups is 1. The number of carbonyl (C=O) groups is 1. The first-order chi connectivity index (χ1) is 19.2. The molecule has 40 heavy (non-hydrogen) atoms. The van der Waals surface area contributed by atoms with Gasteiger partial charge < -0.3 is 35.9 Å². The van der Waals surface area contributed by atoms with Gasteiger partial charge in [0.15, 0.2) is 5.75 Å². The topological polar surface area (TPSA) is 145 Å². The number of anilines is 4. The zero-order valence-electron chi connectivity index (χ0n) is 22.7. The lowest BCUT2D eigenvalue weighted by atomic mass is 9.86. The molecule has 11 nitrogen and oxygen atoms in total. The van der Waals surface area contributed by atoms with E-state index in [4.69, 9.17) is 19.9 Å². The second kappa shape index (κ2) is 11.0. The van der Waals surface area contributed by atoms with Crippen molar-refractivity contribution in [1.82, 2.24) is 9.97 Å². The van der Waals surface area contributed by atoms with Crippen molar-refractivity contribution in [3.8, 4) is 17.4 Å².